The zero-order valence-electron chi connectivity index (χ0n) is 21.8. The molecule has 0 saturated heterocycles. The molecule has 1 fully saturated rings. The van der Waals surface area contributed by atoms with Crippen molar-refractivity contribution in [1.82, 2.24) is 10.2 Å². The van der Waals surface area contributed by atoms with Gasteiger partial charge in [0.2, 0.25) is 5.91 Å². The van der Waals surface area contributed by atoms with Crippen LogP contribution in [-0.4, -0.2) is 53.0 Å². The number of aliphatic hydroxyl groups excluding tert-OH is 1. The normalized spacial score (nSPS) is 19.5. The molecule has 2 amide bonds. The second-order valence-corrected chi connectivity index (χ2v) is 10.4. The van der Waals surface area contributed by atoms with Crippen molar-refractivity contribution in [3.05, 3.63) is 71.8 Å². The van der Waals surface area contributed by atoms with E-state index in [4.69, 9.17) is 4.74 Å². The van der Waals surface area contributed by atoms with Crippen molar-refractivity contribution in [3.63, 3.8) is 0 Å². The lowest BCUT2D eigenvalue weighted by Crippen LogP contribution is -2.55. The molecule has 5 atom stereocenters. The van der Waals surface area contributed by atoms with Crippen molar-refractivity contribution < 1.29 is 24.2 Å². The van der Waals surface area contributed by atoms with Crippen LogP contribution in [0.3, 0.4) is 0 Å². The second kappa shape index (κ2) is 12.2. The number of likely N-dealkylation sites (N-methyl/N-ethyl adjacent to an activating group) is 1. The second-order valence-electron chi connectivity index (χ2n) is 10.4. The number of amides is 2. The number of aliphatic hydroxyl groups is 1. The SMILES string of the molecule is CC(C)C[C@@H](C(=O)N[C@@H](C(C)C)[C@H](O)C1C(=O)C1c1ccccc1)N(C)C(=O)OCc1ccccc1. The van der Waals surface area contributed by atoms with Gasteiger partial charge >= 0.3 is 6.09 Å². The fraction of sp³-hybridized carbons (Fsp3) is 0.483. The molecule has 1 aliphatic carbocycles. The van der Waals surface area contributed by atoms with Gasteiger partial charge in [-0.25, -0.2) is 4.79 Å². The Kier molecular flexibility index (Phi) is 9.26. The first-order chi connectivity index (χ1) is 17.1. The number of nitrogens with zero attached hydrogens (tertiary/aromatic N) is 1. The maximum absolute atomic E-state index is 13.4. The fourth-order valence-electron chi connectivity index (χ4n) is 4.62. The van der Waals surface area contributed by atoms with Crippen LogP contribution in [0.25, 0.3) is 0 Å². The third-order valence-corrected chi connectivity index (χ3v) is 6.76. The molecule has 1 saturated carbocycles. The Labute approximate surface area is 213 Å². The largest absolute Gasteiger partial charge is 0.445 e. The van der Waals surface area contributed by atoms with E-state index in [0.29, 0.717) is 6.42 Å². The third-order valence-electron chi connectivity index (χ3n) is 6.76. The van der Waals surface area contributed by atoms with Gasteiger partial charge in [0, 0.05) is 7.05 Å². The van der Waals surface area contributed by atoms with E-state index in [1.54, 1.807) is 7.05 Å². The highest BCUT2D eigenvalue weighted by Crippen LogP contribution is 2.46. The van der Waals surface area contributed by atoms with E-state index in [1.165, 1.54) is 4.90 Å². The molecule has 0 aromatic heterocycles. The highest BCUT2D eigenvalue weighted by molar-refractivity contribution is 6.05. The Morgan fingerprint density at radius 3 is 2.14 bits per heavy atom. The third kappa shape index (κ3) is 6.72. The van der Waals surface area contributed by atoms with Crippen LogP contribution in [0.15, 0.2) is 60.7 Å². The average Bonchev–Trinajstić information content (AvgIpc) is 3.54. The van der Waals surface area contributed by atoms with Crippen molar-refractivity contribution in [3.8, 4) is 0 Å². The number of carbonyl (C=O) groups excluding carboxylic acids is 3. The molecule has 0 bridgehead atoms. The first-order valence-electron chi connectivity index (χ1n) is 12.6. The minimum absolute atomic E-state index is 0.0195. The average molecular weight is 495 g/mol. The molecule has 2 unspecified atom stereocenters. The van der Waals surface area contributed by atoms with Gasteiger partial charge < -0.3 is 15.2 Å². The Bertz CT molecular complexity index is 1020. The highest BCUT2D eigenvalue weighted by atomic mass is 16.6. The summed E-state index contributed by atoms with van der Waals surface area (Å²) in [7, 11) is 1.55. The Morgan fingerprint density at radius 2 is 1.58 bits per heavy atom. The predicted molar refractivity (Wildman–Crippen MR) is 138 cm³/mol. The molecule has 1 aliphatic rings. The van der Waals surface area contributed by atoms with Crippen LogP contribution < -0.4 is 5.32 Å². The fourth-order valence-corrected chi connectivity index (χ4v) is 4.62. The van der Waals surface area contributed by atoms with Gasteiger partial charge in [-0.05, 0) is 29.4 Å². The number of rotatable bonds is 11. The molecular weight excluding hydrogens is 456 g/mol. The van der Waals surface area contributed by atoms with Crippen LogP contribution in [0.5, 0.6) is 0 Å². The van der Waals surface area contributed by atoms with E-state index < -0.39 is 30.2 Å². The maximum Gasteiger partial charge on any atom is 0.410 e. The van der Waals surface area contributed by atoms with Crippen LogP contribution in [0.2, 0.25) is 0 Å². The van der Waals surface area contributed by atoms with Crippen LogP contribution in [0, 0.1) is 17.8 Å². The number of hydrogen-bond acceptors (Lipinski definition) is 5. The van der Waals surface area contributed by atoms with Gasteiger partial charge in [-0.15, -0.1) is 0 Å². The summed E-state index contributed by atoms with van der Waals surface area (Å²) in [6, 6.07) is 17.3. The first kappa shape index (κ1) is 27.4. The highest BCUT2D eigenvalue weighted by Gasteiger charge is 2.56. The van der Waals surface area contributed by atoms with E-state index >= 15 is 0 Å². The summed E-state index contributed by atoms with van der Waals surface area (Å²) in [5.74, 6) is -1.29. The van der Waals surface area contributed by atoms with Crippen molar-refractivity contribution in [2.24, 2.45) is 17.8 Å². The first-order valence-corrected chi connectivity index (χ1v) is 12.6. The summed E-state index contributed by atoms with van der Waals surface area (Å²) in [4.78, 5) is 40.1. The topological polar surface area (TPSA) is 95.9 Å². The smallest absolute Gasteiger partial charge is 0.410 e. The summed E-state index contributed by atoms with van der Waals surface area (Å²) in [6.45, 7) is 7.86. The molecule has 2 aromatic carbocycles. The van der Waals surface area contributed by atoms with Crippen LogP contribution >= 0.6 is 0 Å². The lowest BCUT2D eigenvalue weighted by Gasteiger charge is -2.32. The van der Waals surface area contributed by atoms with E-state index in [0.717, 1.165) is 11.1 Å². The zero-order valence-corrected chi connectivity index (χ0v) is 21.8. The van der Waals surface area contributed by atoms with Gasteiger partial charge in [-0.2, -0.15) is 0 Å². The van der Waals surface area contributed by atoms with E-state index in [1.807, 2.05) is 88.4 Å². The minimum atomic E-state index is -1.03. The van der Waals surface area contributed by atoms with Crippen LogP contribution in [-0.2, 0) is 20.9 Å². The summed E-state index contributed by atoms with van der Waals surface area (Å²) in [6.07, 6.45) is -1.19. The number of ether oxygens (including phenoxy) is 1. The predicted octanol–water partition coefficient (Wildman–Crippen LogP) is 4.15. The van der Waals surface area contributed by atoms with E-state index in [-0.39, 0.29) is 36.1 Å². The lowest BCUT2D eigenvalue weighted by atomic mass is 9.92. The number of nitrogens with one attached hydrogen (secondary N) is 1. The molecular formula is C29H38N2O5. The van der Waals surface area contributed by atoms with Gasteiger partial charge in [-0.3, -0.25) is 14.5 Å². The van der Waals surface area contributed by atoms with Crippen LogP contribution in [0.4, 0.5) is 4.79 Å². The number of ketones is 1. The Balaban J connectivity index is 1.69. The molecule has 7 heteroatoms. The monoisotopic (exact) mass is 494 g/mol. The Morgan fingerprint density at radius 1 is 1.00 bits per heavy atom. The molecule has 194 valence electrons. The van der Waals surface area contributed by atoms with Gasteiger partial charge in [0.1, 0.15) is 18.4 Å². The molecule has 2 aromatic rings. The van der Waals surface area contributed by atoms with Crippen molar-refractivity contribution in [1.29, 1.82) is 0 Å². The van der Waals surface area contributed by atoms with Gasteiger partial charge in [0.05, 0.1) is 24.0 Å². The number of benzene rings is 2. The van der Waals surface area contributed by atoms with Crippen molar-refractivity contribution >= 4 is 17.8 Å². The summed E-state index contributed by atoms with van der Waals surface area (Å²) < 4.78 is 5.44. The zero-order chi connectivity index (χ0) is 26.4. The summed E-state index contributed by atoms with van der Waals surface area (Å²) in [5.41, 5.74) is 1.73. The van der Waals surface area contributed by atoms with E-state index in [9.17, 15) is 19.5 Å². The molecule has 7 nitrogen and oxygen atoms in total. The number of hydrogen-bond donors (Lipinski definition) is 2. The number of carbonyl (C=O) groups is 3. The molecule has 0 radical (unpaired) electrons. The molecule has 2 N–H and O–H groups in total. The van der Waals surface area contributed by atoms with Gasteiger partial charge in [0.15, 0.2) is 0 Å². The van der Waals surface area contributed by atoms with Crippen LogP contribution in [0.1, 0.15) is 51.2 Å². The molecule has 3 rings (SSSR count). The molecule has 0 spiro atoms. The maximum atomic E-state index is 13.4. The molecule has 0 aliphatic heterocycles. The molecule has 0 heterocycles. The number of Topliss-reactive ketones (excluding diaryl/α,β-unsaturated/α-hetero) is 1. The molecule has 36 heavy (non-hydrogen) atoms. The van der Waals surface area contributed by atoms with Gasteiger partial charge in [0.25, 0.3) is 0 Å². The van der Waals surface area contributed by atoms with Crippen molar-refractivity contribution in [2.75, 3.05) is 7.05 Å². The van der Waals surface area contributed by atoms with Gasteiger partial charge in [-0.1, -0.05) is 88.4 Å². The Hall–Kier alpha value is -3.19. The summed E-state index contributed by atoms with van der Waals surface area (Å²) in [5, 5.41) is 14.1. The van der Waals surface area contributed by atoms with E-state index in [2.05, 4.69) is 5.32 Å². The quantitative estimate of drug-likeness (QED) is 0.489. The lowest BCUT2D eigenvalue weighted by molar-refractivity contribution is -0.128. The standard InChI is InChI=1S/C29H38N2O5/c1-18(2)16-22(31(5)29(35)36-17-20-12-8-6-9-13-20)28(34)30-25(19(3)4)27(33)24-23(26(24)32)21-14-10-7-11-15-21/h6-15,18-19,22-25,27,33H,16-17H2,1-5H3,(H,30,34)/t22-,23?,24?,25-,27+/m0/s1. The van der Waals surface area contributed by atoms with Crippen molar-refractivity contribution in [2.45, 2.75) is 64.8 Å². The minimum Gasteiger partial charge on any atom is -0.445 e. The summed E-state index contributed by atoms with van der Waals surface area (Å²) >= 11 is 0.